The fraction of sp³-hybridized carbons (Fsp3) is 0.333. The van der Waals surface area contributed by atoms with Crippen LogP contribution in [0.2, 0.25) is 0 Å². The number of hydrogen-bond acceptors (Lipinski definition) is 0. The van der Waals surface area contributed by atoms with Gasteiger partial charge in [0.05, 0.1) is 0 Å². The van der Waals surface area contributed by atoms with E-state index >= 15 is 0 Å². The third kappa shape index (κ3) is 1.35. The van der Waals surface area contributed by atoms with Gasteiger partial charge in [-0.1, -0.05) is 0 Å². The van der Waals surface area contributed by atoms with E-state index in [0.717, 1.165) is 0 Å². The number of allylic oxidation sites excluding steroid dienone is 1. The first-order valence-electron chi connectivity index (χ1n) is 4.87. The fourth-order valence-corrected chi connectivity index (χ4v) is 3.73. The Balaban J connectivity index is 2.55. The molecule has 0 aliphatic heterocycles. The Kier molecular flexibility index (Phi) is 2.75. The van der Waals surface area contributed by atoms with Gasteiger partial charge in [0.15, 0.2) is 0 Å². The van der Waals surface area contributed by atoms with Crippen molar-refractivity contribution in [3.8, 4) is 0 Å². The first kappa shape index (κ1) is 10.3. The van der Waals surface area contributed by atoms with E-state index in [1.807, 2.05) is 12.1 Å². The molecule has 0 spiro atoms. The van der Waals surface area contributed by atoms with Gasteiger partial charge in [0, 0.05) is 0 Å². The van der Waals surface area contributed by atoms with Crippen LogP contribution in [0.4, 0.5) is 2.63 Å². The van der Waals surface area contributed by atoms with Gasteiger partial charge >= 0.3 is 96.9 Å². The minimum atomic E-state index is -1.84. The van der Waals surface area contributed by atoms with E-state index in [2.05, 4.69) is 38.1 Å². The van der Waals surface area contributed by atoms with Crippen LogP contribution in [0.15, 0.2) is 30.3 Å². The Morgan fingerprint density at radius 3 is 2.64 bits per heavy atom. The normalized spacial score (nSPS) is 24.0. The first-order chi connectivity index (χ1) is 6.70. The second-order valence-electron chi connectivity index (χ2n) is 4.04. The quantitative estimate of drug-likeness (QED) is 0.769. The summed E-state index contributed by atoms with van der Waals surface area (Å²) in [6.07, 6.45) is 4.17. The van der Waals surface area contributed by atoms with Crippen molar-refractivity contribution in [3.63, 3.8) is 0 Å². The molecule has 1 aromatic rings. The van der Waals surface area contributed by atoms with Crippen molar-refractivity contribution in [1.82, 2.24) is 0 Å². The number of hydrogen-bond donors (Lipinski definition) is 0. The molecule has 72 valence electrons. The van der Waals surface area contributed by atoms with Crippen LogP contribution in [0.3, 0.4) is 0 Å². The van der Waals surface area contributed by atoms with Gasteiger partial charge in [-0.25, -0.2) is 0 Å². The van der Waals surface area contributed by atoms with E-state index in [1.54, 1.807) is 0 Å². The summed E-state index contributed by atoms with van der Waals surface area (Å²) in [7, 11) is 0. The van der Waals surface area contributed by atoms with Gasteiger partial charge in [-0.3, -0.25) is 0 Å². The van der Waals surface area contributed by atoms with Crippen molar-refractivity contribution in [2.75, 3.05) is 0 Å². The average Bonchev–Trinajstić information content (AvgIpc) is 2.57. The summed E-state index contributed by atoms with van der Waals surface area (Å²) in [4.78, 5) is 0. The molecular formula is C12H13FZr. The second-order valence-corrected chi connectivity index (χ2v) is 6.54. The van der Waals surface area contributed by atoms with Crippen molar-refractivity contribution in [1.29, 1.82) is 0 Å². The molecule has 1 unspecified atom stereocenters. The van der Waals surface area contributed by atoms with Gasteiger partial charge in [-0.2, -0.15) is 0 Å². The van der Waals surface area contributed by atoms with E-state index in [9.17, 15) is 2.63 Å². The molecule has 14 heavy (non-hydrogen) atoms. The first-order valence-corrected chi connectivity index (χ1v) is 7.03. The van der Waals surface area contributed by atoms with Gasteiger partial charge in [0.25, 0.3) is 0 Å². The number of fused-ring (bicyclic) bond motifs is 1. The van der Waals surface area contributed by atoms with E-state index in [4.69, 9.17) is 0 Å². The van der Waals surface area contributed by atoms with Crippen molar-refractivity contribution >= 4 is 6.08 Å². The molecule has 0 radical (unpaired) electrons. The molecule has 0 fully saturated rings. The number of rotatable bonds is 2. The van der Waals surface area contributed by atoms with Crippen molar-refractivity contribution in [2.45, 2.75) is 17.0 Å². The topological polar surface area (TPSA) is 0 Å². The Labute approximate surface area is 96.7 Å². The maximum atomic E-state index is 13.4. The summed E-state index contributed by atoms with van der Waals surface area (Å²) in [5, 5.41) is 0. The molecule has 2 rings (SSSR count). The molecule has 0 N–H and O–H groups in total. The van der Waals surface area contributed by atoms with Gasteiger partial charge in [0.1, 0.15) is 0 Å². The zero-order valence-corrected chi connectivity index (χ0v) is 10.9. The maximum absolute atomic E-state index is 13.4. The van der Waals surface area contributed by atoms with Gasteiger partial charge in [-0.15, -0.1) is 0 Å². The van der Waals surface area contributed by atoms with Crippen LogP contribution < -0.4 is 0 Å². The average molecular weight is 267 g/mol. The molecule has 0 aromatic heterocycles. The second kappa shape index (κ2) is 3.73. The molecule has 1 aliphatic carbocycles. The predicted octanol–water partition coefficient (Wildman–Crippen LogP) is 3.53. The Morgan fingerprint density at radius 1 is 1.29 bits per heavy atom. The van der Waals surface area contributed by atoms with Crippen LogP contribution in [0.5, 0.6) is 0 Å². The van der Waals surface area contributed by atoms with Gasteiger partial charge in [-0.05, 0) is 0 Å². The Morgan fingerprint density at radius 2 is 2.00 bits per heavy atom. The molecule has 1 aliphatic rings. The summed E-state index contributed by atoms with van der Waals surface area (Å²) in [6.45, 7) is 4.24. The van der Waals surface area contributed by atoms with Gasteiger partial charge < -0.3 is 0 Å². The van der Waals surface area contributed by atoms with Crippen LogP contribution in [-0.4, -0.2) is 0 Å². The number of benzene rings is 1. The standard InChI is InChI=1S/C12H13.FH.Zr/c1-9(2)11-8-7-10-5-3-4-6-12(10)11;;/h3-9H,1-2H3;1H;/q;;+1/p-1. The van der Waals surface area contributed by atoms with Crippen LogP contribution in [0.25, 0.3) is 6.08 Å². The number of halogens is 1. The summed E-state index contributed by atoms with van der Waals surface area (Å²) in [6, 6.07) is 8.18. The summed E-state index contributed by atoms with van der Waals surface area (Å²) < 4.78 is 13.2. The minimum absolute atomic E-state index is 0.208. The Bertz CT molecular complexity index is 370. The van der Waals surface area contributed by atoms with Crippen molar-refractivity contribution < 1.29 is 26.5 Å². The van der Waals surface area contributed by atoms with Crippen molar-refractivity contribution in [2.24, 2.45) is 5.92 Å². The third-order valence-corrected chi connectivity index (χ3v) is 6.26. The van der Waals surface area contributed by atoms with Crippen LogP contribution in [0, 0.1) is 5.92 Å². The van der Waals surface area contributed by atoms with E-state index in [0.29, 0.717) is 5.92 Å². The molecule has 2 heteroatoms. The zero-order chi connectivity index (χ0) is 10.2. The van der Waals surface area contributed by atoms with Crippen LogP contribution in [0.1, 0.15) is 25.0 Å². The van der Waals surface area contributed by atoms with E-state index in [1.165, 1.54) is 11.1 Å². The molecule has 0 amide bonds. The Hall–Kier alpha value is -0.227. The molecular weight excluding hydrogens is 254 g/mol. The SMILES string of the molecule is CC(C)[C]1([Zr][F])C=Cc2ccccc21. The zero-order valence-electron chi connectivity index (χ0n) is 8.42. The molecule has 0 saturated heterocycles. The van der Waals surface area contributed by atoms with Crippen LogP contribution in [-0.2, 0) is 27.0 Å². The van der Waals surface area contributed by atoms with Crippen molar-refractivity contribution in [3.05, 3.63) is 41.5 Å². The third-order valence-electron chi connectivity index (χ3n) is 3.00. The molecule has 0 bridgehead atoms. The van der Waals surface area contributed by atoms with Gasteiger partial charge in [0.2, 0.25) is 0 Å². The van der Waals surface area contributed by atoms with E-state index in [-0.39, 0.29) is 3.12 Å². The monoisotopic (exact) mass is 266 g/mol. The summed E-state index contributed by atoms with van der Waals surface area (Å²) in [5.74, 6) is 0.374. The molecule has 0 nitrogen and oxygen atoms in total. The molecule has 0 saturated carbocycles. The summed E-state index contributed by atoms with van der Waals surface area (Å²) in [5.41, 5.74) is 2.42. The molecule has 1 aromatic carbocycles. The molecule has 0 heterocycles. The molecule has 1 atom stereocenters. The predicted molar refractivity (Wildman–Crippen MR) is 53.1 cm³/mol. The summed E-state index contributed by atoms with van der Waals surface area (Å²) >= 11 is -1.84. The fourth-order valence-electron chi connectivity index (χ4n) is 2.03. The van der Waals surface area contributed by atoms with E-state index < -0.39 is 23.8 Å². The van der Waals surface area contributed by atoms with Crippen LogP contribution >= 0.6 is 0 Å².